The van der Waals surface area contributed by atoms with E-state index in [1.54, 1.807) is 6.20 Å². The van der Waals surface area contributed by atoms with Crippen LogP contribution in [0.3, 0.4) is 0 Å². The van der Waals surface area contributed by atoms with E-state index >= 15 is 0 Å². The number of aromatic nitrogens is 1. The van der Waals surface area contributed by atoms with E-state index in [-0.39, 0.29) is 11.2 Å². The molecule has 12 heavy (non-hydrogen) atoms. The Morgan fingerprint density at radius 1 is 1.58 bits per heavy atom. The van der Waals surface area contributed by atoms with Gasteiger partial charge in [-0.1, -0.05) is 0 Å². The van der Waals surface area contributed by atoms with E-state index in [0.29, 0.717) is 0 Å². The lowest BCUT2D eigenvalue weighted by atomic mass is 10.1. The number of rotatable bonds is 3. The van der Waals surface area contributed by atoms with Gasteiger partial charge in [-0.05, 0) is 31.4 Å². The lowest BCUT2D eigenvalue weighted by Gasteiger charge is -2.01. The molecule has 0 radical (unpaired) electrons. The predicted molar refractivity (Wildman–Crippen MR) is 47.8 cm³/mol. The van der Waals surface area contributed by atoms with Crippen LogP contribution in [0.1, 0.15) is 18.9 Å². The molecule has 0 aliphatic carbocycles. The molecule has 0 amide bonds. The number of hydrogen-bond donors (Lipinski definition) is 0. The Kier molecular flexibility index (Phi) is 3.48. The summed E-state index contributed by atoms with van der Waals surface area (Å²) in [5.74, 6) is -0.283. The van der Waals surface area contributed by atoms with Gasteiger partial charge in [0.05, 0.1) is 6.20 Å². The highest BCUT2D eigenvalue weighted by Gasteiger charge is 1.99. The highest BCUT2D eigenvalue weighted by atomic mass is 35.5. The van der Waals surface area contributed by atoms with E-state index < -0.39 is 0 Å². The van der Waals surface area contributed by atoms with Crippen LogP contribution in [0.5, 0.6) is 0 Å². The minimum absolute atomic E-state index is 0.133. The van der Waals surface area contributed by atoms with Gasteiger partial charge in [0, 0.05) is 11.6 Å². The maximum atomic E-state index is 12.6. The number of nitrogens with zero attached hydrogens (tertiary/aromatic N) is 1. The second-order valence-corrected chi connectivity index (χ2v) is 3.58. The van der Waals surface area contributed by atoms with Crippen molar-refractivity contribution >= 4 is 11.6 Å². The summed E-state index contributed by atoms with van der Waals surface area (Å²) in [6.07, 6.45) is 4.51. The first-order valence-electron chi connectivity index (χ1n) is 3.92. The number of pyridine rings is 1. The van der Waals surface area contributed by atoms with E-state index in [4.69, 9.17) is 11.6 Å². The third-order valence-corrected chi connectivity index (χ3v) is 1.81. The maximum absolute atomic E-state index is 12.6. The fraction of sp³-hybridized carbons (Fsp3) is 0.444. The molecule has 0 saturated carbocycles. The standard InChI is InChI=1S/C9H11ClFN/c1-7(10)2-3-8-4-9(11)6-12-5-8/h4-7H,2-3H2,1H3. The van der Waals surface area contributed by atoms with E-state index in [1.807, 2.05) is 6.92 Å². The van der Waals surface area contributed by atoms with E-state index in [1.165, 1.54) is 12.3 Å². The lowest BCUT2D eigenvalue weighted by Crippen LogP contribution is -1.95. The van der Waals surface area contributed by atoms with Crippen molar-refractivity contribution in [2.24, 2.45) is 0 Å². The van der Waals surface area contributed by atoms with E-state index in [9.17, 15) is 4.39 Å². The molecule has 1 aromatic rings. The summed E-state index contributed by atoms with van der Waals surface area (Å²) < 4.78 is 12.6. The van der Waals surface area contributed by atoms with Crippen LogP contribution in [-0.2, 0) is 6.42 Å². The summed E-state index contributed by atoms with van der Waals surface area (Å²) in [5.41, 5.74) is 0.905. The van der Waals surface area contributed by atoms with Crippen molar-refractivity contribution < 1.29 is 4.39 Å². The topological polar surface area (TPSA) is 12.9 Å². The monoisotopic (exact) mass is 187 g/mol. The van der Waals surface area contributed by atoms with Gasteiger partial charge in [0.15, 0.2) is 0 Å². The van der Waals surface area contributed by atoms with Crippen LogP contribution >= 0.6 is 11.6 Å². The maximum Gasteiger partial charge on any atom is 0.141 e. The Morgan fingerprint density at radius 2 is 2.33 bits per heavy atom. The summed E-state index contributed by atoms with van der Waals surface area (Å²) in [6, 6.07) is 1.49. The lowest BCUT2D eigenvalue weighted by molar-refractivity contribution is 0.617. The molecule has 0 N–H and O–H groups in total. The Morgan fingerprint density at radius 3 is 2.92 bits per heavy atom. The number of hydrogen-bond acceptors (Lipinski definition) is 1. The van der Waals surface area contributed by atoms with Crippen LogP contribution in [0.4, 0.5) is 4.39 Å². The first-order valence-corrected chi connectivity index (χ1v) is 4.35. The van der Waals surface area contributed by atoms with Gasteiger partial charge >= 0.3 is 0 Å². The molecule has 3 heteroatoms. The van der Waals surface area contributed by atoms with Gasteiger partial charge in [0.25, 0.3) is 0 Å². The highest BCUT2D eigenvalue weighted by Crippen LogP contribution is 2.08. The summed E-state index contributed by atoms with van der Waals surface area (Å²) in [5, 5.41) is 0.133. The molecule has 1 nitrogen and oxygen atoms in total. The molecule has 0 bridgehead atoms. The van der Waals surface area contributed by atoms with Crippen LogP contribution in [-0.4, -0.2) is 10.4 Å². The highest BCUT2D eigenvalue weighted by molar-refractivity contribution is 6.20. The fourth-order valence-corrected chi connectivity index (χ4v) is 1.07. The normalized spacial score (nSPS) is 12.9. The smallest absolute Gasteiger partial charge is 0.141 e. The van der Waals surface area contributed by atoms with Crippen molar-refractivity contribution in [1.29, 1.82) is 0 Å². The van der Waals surface area contributed by atoms with Crippen molar-refractivity contribution in [3.05, 3.63) is 29.8 Å². The van der Waals surface area contributed by atoms with Crippen molar-refractivity contribution in [3.8, 4) is 0 Å². The van der Waals surface area contributed by atoms with E-state index in [0.717, 1.165) is 18.4 Å². The van der Waals surface area contributed by atoms with Crippen LogP contribution in [0.2, 0.25) is 0 Å². The zero-order chi connectivity index (χ0) is 8.97. The first kappa shape index (κ1) is 9.46. The SMILES string of the molecule is CC(Cl)CCc1cncc(F)c1. The van der Waals surface area contributed by atoms with E-state index in [2.05, 4.69) is 4.98 Å². The zero-order valence-corrected chi connectivity index (χ0v) is 7.68. The van der Waals surface area contributed by atoms with Crippen molar-refractivity contribution in [1.82, 2.24) is 4.98 Å². The van der Waals surface area contributed by atoms with Gasteiger partial charge in [-0.3, -0.25) is 4.98 Å². The number of alkyl halides is 1. The number of halogens is 2. The largest absolute Gasteiger partial charge is 0.261 e. The first-order chi connectivity index (χ1) is 5.68. The van der Waals surface area contributed by atoms with Gasteiger partial charge < -0.3 is 0 Å². The molecule has 0 fully saturated rings. The van der Waals surface area contributed by atoms with Crippen LogP contribution in [0, 0.1) is 5.82 Å². The van der Waals surface area contributed by atoms with Crippen LogP contribution in [0.15, 0.2) is 18.5 Å². The minimum Gasteiger partial charge on any atom is -0.261 e. The van der Waals surface area contributed by atoms with Crippen molar-refractivity contribution in [2.75, 3.05) is 0 Å². The Labute approximate surface area is 76.6 Å². The van der Waals surface area contributed by atoms with Crippen molar-refractivity contribution in [3.63, 3.8) is 0 Å². The average Bonchev–Trinajstić information content (AvgIpc) is 2.01. The second-order valence-electron chi connectivity index (χ2n) is 2.83. The van der Waals surface area contributed by atoms with Gasteiger partial charge in [0.1, 0.15) is 5.82 Å². The van der Waals surface area contributed by atoms with Gasteiger partial charge in [-0.15, -0.1) is 11.6 Å². The fourth-order valence-electron chi connectivity index (χ4n) is 0.958. The molecule has 0 aliphatic heterocycles. The summed E-state index contributed by atoms with van der Waals surface area (Å²) in [7, 11) is 0. The van der Waals surface area contributed by atoms with Crippen molar-refractivity contribution in [2.45, 2.75) is 25.1 Å². The van der Waals surface area contributed by atoms with Gasteiger partial charge in [-0.2, -0.15) is 0 Å². The zero-order valence-electron chi connectivity index (χ0n) is 6.93. The molecule has 1 heterocycles. The number of aryl methyl sites for hydroxylation is 1. The second kappa shape index (κ2) is 4.41. The molecular weight excluding hydrogens is 177 g/mol. The average molecular weight is 188 g/mol. The molecule has 0 spiro atoms. The Balaban J connectivity index is 2.52. The summed E-state index contributed by atoms with van der Waals surface area (Å²) in [4.78, 5) is 3.74. The molecule has 1 atom stereocenters. The quantitative estimate of drug-likeness (QED) is 0.664. The third-order valence-electron chi connectivity index (χ3n) is 1.59. The van der Waals surface area contributed by atoms with Crippen LogP contribution < -0.4 is 0 Å². The molecule has 66 valence electrons. The molecular formula is C9H11ClFN. The summed E-state index contributed by atoms with van der Waals surface area (Å²) in [6.45, 7) is 1.92. The van der Waals surface area contributed by atoms with Gasteiger partial charge in [-0.25, -0.2) is 4.39 Å². The molecule has 0 aliphatic rings. The minimum atomic E-state index is -0.283. The molecule has 1 unspecified atom stereocenters. The Bertz CT molecular complexity index is 250. The third kappa shape index (κ3) is 3.18. The molecule has 0 aromatic carbocycles. The van der Waals surface area contributed by atoms with Gasteiger partial charge in [0.2, 0.25) is 0 Å². The molecule has 1 rings (SSSR count). The van der Waals surface area contributed by atoms with Crippen LogP contribution in [0.25, 0.3) is 0 Å². The summed E-state index contributed by atoms with van der Waals surface area (Å²) >= 11 is 5.75. The molecule has 1 aromatic heterocycles. The Hall–Kier alpha value is -0.630. The molecule has 0 saturated heterocycles. The predicted octanol–water partition coefficient (Wildman–Crippen LogP) is 2.78.